The van der Waals surface area contributed by atoms with Gasteiger partial charge in [-0.1, -0.05) is 46.3 Å². The number of methoxy groups -OCH3 is 1. The minimum atomic E-state index is -0.109. The van der Waals surface area contributed by atoms with Crippen LogP contribution < -0.4 is 9.47 Å². The van der Waals surface area contributed by atoms with Gasteiger partial charge in [-0.2, -0.15) is 0 Å². The van der Waals surface area contributed by atoms with E-state index in [9.17, 15) is 5.11 Å². The first-order valence-electron chi connectivity index (χ1n) is 5.89. The Balaban J connectivity index is 2.25. The molecule has 0 aliphatic heterocycles. The van der Waals surface area contributed by atoms with E-state index in [0.29, 0.717) is 23.7 Å². The minimum absolute atomic E-state index is 0.109. The van der Waals surface area contributed by atoms with Crippen LogP contribution in [-0.4, -0.2) is 12.2 Å². The second-order valence-electron chi connectivity index (χ2n) is 3.99. The van der Waals surface area contributed by atoms with Crippen LogP contribution in [0.5, 0.6) is 11.5 Å². The molecular weight excluding hydrogens is 308 g/mol. The summed E-state index contributed by atoms with van der Waals surface area (Å²) in [4.78, 5) is 0. The van der Waals surface area contributed by atoms with Crippen molar-refractivity contribution in [3.05, 3.63) is 58.1 Å². The van der Waals surface area contributed by atoms with E-state index in [0.717, 1.165) is 10.0 Å². The molecule has 0 heterocycles. The Kier molecular flexibility index (Phi) is 4.82. The van der Waals surface area contributed by atoms with Crippen LogP contribution in [0.25, 0.3) is 0 Å². The van der Waals surface area contributed by atoms with Crippen LogP contribution in [0.3, 0.4) is 0 Å². The van der Waals surface area contributed by atoms with Crippen LogP contribution in [0.15, 0.2) is 46.9 Å². The van der Waals surface area contributed by atoms with Gasteiger partial charge in [-0.15, -0.1) is 0 Å². The van der Waals surface area contributed by atoms with Gasteiger partial charge in [0.15, 0.2) is 11.5 Å². The van der Waals surface area contributed by atoms with E-state index < -0.39 is 0 Å². The van der Waals surface area contributed by atoms with Crippen LogP contribution in [0.2, 0.25) is 0 Å². The maximum Gasteiger partial charge on any atom is 0.168 e. The molecule has 1 N–H and O–H groups in total. The summed E-state index contributed by atoms with van der Waals surface area (Å²) in [6, 6.07) is 13.5. The zero-order chi connectivity index (χ0) is 13.7. The van der Waals surface area contributed by atoms with Gasteiger partial charge in [0, 0.05) is 10.0 Å². The summed E-state index contributed by atoms with van der Waals surface area (Å²) in [6.45, 7) is 0.322. The summed E-state index contributed by atoms with van der Waals surface area (Å²) in [6.07, 6.45) is 0. The smallest absolute Gasteiger partial charge is 0.168 e. The normalized spacial score (nSPS) is 10.3. The molecule has 2 aromatic rings. The molecule has 0 bridgehead atoms. The predicted molar refractivity (Wildman–Crippen MR) is 77.4 cm³/mol. The molecule has 4 heteroatoms. The summed E-state index contributed by atoms with van der Waals surface area (Å²) < 4.78 is 11.9. The van der Waals surface area contributed by atoms with Crippen LogP contribution in [0, 0.1) is 0 Å². The van der Waals surface area contributed by atoms with E-state index in [4.69, 9.17) is 9.47 Å². The molecule has 19 heavy (non-hydrogen) atoms. The number of ether oxygens (including phenoxy) is 2. The van der Waals surface area contributed by atoms with Crippen LogP contribution in [-0.2, 0) is 13.2 Å². The lowest BCUT2D eigenvalue weighted by Gasteiger charge is -2.15. The molecule has 0 atom stereocenters. The molecule has 0 saturated carbocycles. The summed E-state index contributed by atoms with van der Waals surface area (Å²) in [5.41, 5.74) is 1.75. The first kappa shape index (κ1) is 13.9. The third-order valence-electron chi connectivity index (χ3n) is 2.77. The average molecular weight is 323 g/mol. The van der Waals surface area contributed by atoms with Gasteiger partial charge in [0.05, 0.1) is 13.7 Å². The maximum absolute atomic E-state index is 9.45. The first-order chi connectivity index (χ1) is 9.26. The second kappa shape index (κ2) is 6.59. The van der Waals surface area contributed by atoms with Crippen molar-refractivity contribution >= 4 is 15.9 Å². The lowest BCUT2D eigenvalue weighted by molar-refractivity contribution is 0.249. The molecule has 0 unspecified atom stereocenters. The summed E-state index contributed by atoms with van der Waals surface area (Å²) in [5.74, 6) is 1.19. The zero-order valence-corrected chi connectivity index (χ0v) is 12.2. The Hall–Kier alpha value is -1.52. The SMILES string of the molecule is COc1ccc(Br)c(CO)c1OCc1ccccc1. The zero-order valence-electron chi connectivity index (χ0n) is 10.6. The van der Waals surface area contributed by atoms with E-state index in [1.807, 2.05) is 42.5 Å². The Labute approximate surface area is 120 Å². The van der Waals surface area contributed by atoms with Crippen molar-refractivity contribution in [2.75, 3.05) is 7.11 Å². The molecule has 3 nitrogen and oxygen atoms in total. The van der Waals surface area contributed by atoms with E-state index >= 15 is 0 Å². The fourth-order valence-electron chi connectivity index (χ4n) is 1.78. The van der Waals surface area contributed by atoms with Crippen LogP contribution in [0.4, 0.5) is 0 Å². The highest BCUT2D eigenvalue weighted by molar-refractivity contribution is 9.10. The van der Waals surface area contributed by atoms with Gasteiger partial charge in [0.2, 0.25) is 0 Å². The van der Waals surface area contributed by atoms with Gasteiger partial charge in [-0.25, -0.2) is 0 Å². The van der Waals surface area contributed by atoms with E-state index in [1.54, 1.807) is 7.11 Å². The highest BCUT2D eigenvalue weighted by Crippen LogP contribution is 2.36. The Morgan fingerprint density at radius 3 is 2.47 bits per heavy atom. The van der Waals surface area contributed by atoms with E-state index in [1.165, 1.54) is 0 Å². The van der Waals surface area contributed by atoms with Crippen molar-refractivity contribution in [3.63, 3.8) is 0 Å². The molecule has 100 valence electrons. The number of hydrogen-bond acceptors (Lipinski definition) is 3. The van der Waals surface area contributed by atoms with E-state index in [-0.39, 0.29) is 6.61 Å². The number of halogens is 1. The van der Waals surface area contributed by atoms with Crippen molar-refractivity contribution in [2.24, 2.45) is 0 Å². The maximum atomic E-state index is 9.45. The number of benzene rings is 2. The third kappa shape index (κ3) is 3.28. The van der Waals surface area contributed by atoms with Crippen molar-refractivity contribution in [2.45, 2.75) is 13.2 Å². The molecule has 0 spiro atoms. The molecule has 2 aromatic carbocycles. The lowest BCUT2D eigenvalue weighted by Crippen LogP contribution is -2.02. The third-order valence-corrected chi connectivity index (χ3v) is 3.51. The fourth-order valence-corrected chi connectivity index (χ4v) is 2.22. The minimum Gasteiger partial charge on any atom is -0.493 e. The Morgan fingerprint density at radius 2 is 1.84 bits per heavy atom. The van der Waals surface area contributed by atoms with Gasteiger partial charge >= 0.3 is 0 Å². The van der Waals surface area contributed by atoms with Crippen LogP contribution >= 0.6 is 15.9 Å². The summed E-state index contributed by atoms with van der Waals surface area (Å²) >= 11 is 3.40. The topological polar surface area (TPSA) is 38.7 Å². The molecule has 0 aliphatic rings. The van der Waals surface area contributed by atoms with Crippen LogP contribution in [0.1, 0.15) is 11.1 Å². The van der Waals surface area contributed by atoms with Crippen molar-refractivity contribution < 1.29 is 14.6 Å². The number of aliphatic hydroxyl groups excluding tert-OH is 1. The molecule has 0 saturated heterocycles. The lowest BCUT2D eigenvalue weighted by atomic mass is 10.2. The van der Waals surface area contributed by atoms with Gasteiger partial charge in [-0.05, 0) is 17.7 Å². The Morgan fingerprint density at radius 1 is 1.11 bits per heavy atom. The second-order valence-corrected chi connectivity index (χ2v) is 4.84. The number of rotatable bonds is 5. The molecule has 0 fully saturated rings. The molecule has 0 amide bonds. The predicted octanol–water partition coefficient (Wildman–Crippen LogP) is 3.53. The largest absolute Gasteiger partial charge is 0.493 e. The summed E-state index contributed by atoms with van der Waals surface area (Å²) in [7, 11) is 1.58. The molecule has 2 rings (SSSR count). The molecule has 0 aromatic heterocycles. The molecule has 0 aliphatic carbocycles. The van der Waals surface area contributed by atoms with Crippen molar-refractivity contribution in [3.8, 4) is 11.5 Å². The van der Waals surface area contributed by atoms with E-state index in [2.05, 4.69) is 15.9 Å². The average Bonchev–Trinajstić information content (AvgIpc) is 2.46. The summed E-state index contributed by atoms with van der Waals surface area (Å²) in [5, 5.41) is 9.45. The Bertz CT molecular complexity index is 541. The standard InChI is InChI=1S/C15H15BrO3/c1-18-14-8-7-13(16)12(9-17)15(14)19-10-11-5-3-2-4-6-11/h2-8,17H,9-10H2,1H3. The molecule has 0 radical (unpaired) electrons. The first-order valence-corrected chi connectivity index (χ1v) is 6.68. The quantitative estimate of drug-likeness (QED) is 0.915. The van der Waals surface area contributed by atoms with Crippen molar-refractivity contribution in [1.82, 2.24) is 0 Å². The van der Waals surface area contributed by atoms with Gasteiger partial charge in [0.1, 0.15) is 6.61 Å². The monoisotopic (exact) mass is 322 g/mol. The highest BCUT2D eigenvalue weighted by atomic mass is 79.9. The van der Waals surface area contributed by atoms with Crippen molar-refractivity contribution in [1.29, 1.82) is 0 Å². The van der Waals surface area contributed by atoms with Gasteiger partial charge < -0.3 is 14.6 Å². The number of hydrogen-bond donors (Lipinski definition) is 1. The van der Waals surface area contributed by atoms with Gasteiger partial charge in [0.25, 0.3) is 0 Å². The molecular formula is C15H15BrO3. The number of aliphatic hydroxyl groups is 1. The highest BCUT2D eigenvalue weighted by Gasteiger charge is 2.13. The fraction of sp³-hybridized carbons (Fsp3) is 0.200. The van der Waals surface area contributed by atoms with Gasteiger partial charge in [-0.3, -0.25) is 0 Å².